The number of anilines is 1. The lowest BCUT2D eigenvalue weighted by atomic mass is 10.3. The standard InChI is InChI=1S/C15H16BrNO5S/c1-20-11-5-6-12(14(9-11)22-3)17-23(18,19)15-8-10(16)4-7-13(15)21-2/h4-9,17H,1-3H3. The van der Waals surface area contributed by atoms with E-state index in [0.29, 0.717) is 21.7 Å². The van der Waals surface area contributed by atoms with Gasteiger partial charge in [0.05, 0.1) is 27.0 Å². The van der Waals surface area contributed by atoms with Crippen LogP contribution in [0.15, 0.2) is 45.8 Å². The van der Waals surface area contributed by atoms with Crippen molar-refractivity contribution in [2.75, 3.05) is 26.1 Å². The average Bonchev–Trinajstić information content (AvgIpc) is 2.54. The van der Waals surface area contributed by atoms with E-state index < -0.39 is 10.0 Å². The van der Waals surface area contributed by atoms with Crippen molar-refractivity contribution in [3.8, 4) is 17.2 Å². The maximum Gasteiger partial charge on any atom is 0.265 e. The molecule has 0 aliphatic carbocycles. The topological polar surface area (TPSA) is 73.9 Å². The third-order valence-corrected chi connectivity index (χ3v) is 4.95. The van der Waals surface area contributed by atoms with Gasteiger partial charge in [-0.15, -0.1) is 0 Å². The van der Waals surface area contributed by atoms with Crippen LogP contribution in [-0.2, 0) is 10.0 Å². The van der Waals surface area contributed by atoms with Gasteiger partial charge in [0.15, 0.2) is 0 Å². The maximum absolute atomic E-state index is 12.7. The highest BCUT2D eigenvalue weighted by Crippen LogP contribution is 2.33. The van der Waals surface area contributed by atoms with E-state index in [4.69, 9.17) is 14.2 Å². The number of halogens is 1. The summed E-state index contributed by atoms with van der Waals surface area (Å²) >= 11 is 3.26. The van der Waals surface area contributed by atoms with Crippen molar-refractivity contribution in [1.29, 1.82) is 0 Å². The lowest BCUT2D eigenvalue weighted by molar-refractivity contribution is 0.395. The minimum Gasteiger partial charge on any atom is -0.497 e. The highest BCUT2D eigenvalue weighted by atomic mass is 79.9. The predicted molar refractivity (Wildman–Crippen MR) is 91.0 cm³/mol. The Morgan fingerprint density at radius 3 is 2.22 bits per heavy atom. The third kappa shape index (κ3) is 3.89. The number of rotatable bonds is 6. The fraction of sp³-hybridized carbons (Fsp3) is 0.200. The van der Waals surface area contributed by atoms with E-state index in [1.807, 2.05) is 0 Å². The van der Waals surface area contributed by atoms with Gasteiger partial charge in [-0.1, -0.05) is 15.9 Å². The first-order valence-electron chi connectivity index (χ1n) is 6.49. The van der Waals surface area contributed by atoms with Crippen LogP contribution in [0, 0.1) is 0 Å². The quantitative estimate of drug-likeness (QED) is 0.803. The van der Waals surface area contributed by atoms with E-state index in [-0.39, 0.29) is 10.6 Å². The Morgan fingerprint density at radius 2 is 1.61 bits per heavy atom. The number of hydrogen-bond donors (Lipinski definition) is 1. The summed E-state index contributed by atoms with van der Waals surface area (Å²) in [6, 6.07) is 9.54. The lowest BCUT2D eigenvalue weighted by Gasteiger charge is -2.14. The second-order valence-corrected chi connectivity index (χ2v) is 7.03. The molecule has 2 rings (SSSR count). The number of sulfonamides is 1. The minimum atomic E-state index is -3.86. The van der Waals surface area contributed by atoms with E-state index in [1.165, 1.54) is 27.4 Å². The number of ether oxygens (including phenoxy) is 3. The van der Waals surface area contributed by atoms with Crippen LogP contribution in [0.5, 0.6) is 17.2 Å². The van der Waals surface area contributed by atoms with Crippen LogP contribution in [0.1, 0.15) is 0 Å². The second kappa shape index (κ2) is 7.10. The molecule has 1 N–H and O–H groups in total. The molecule has 0 radical (unpaired) electrons. The zero-order valence-corrected chi connectivity index (χ0v) is 15.2. The molecule has 6 nitrogen and oxygen atoms in total. The molecule has 23 heavy (non-hydrogen) atoms. The van der Waals surface area contributed by atoms with Gasteiger partial charge in [-0.3, -0.25) is 4.72 Å². The predicted octanol–water partition coefficient (Wildman–Crippen LogP) is 3.28. The van der Waals surface area contributed by atoms with E-state index in [0.717, 1.165) is 0 Å². The zero-order valence-electron chi connectivity index (χ0n) is 12.8. The van der Waals surface area contributed by atoms with E-state index in [1.54, 1.807) is 30.3 Å². The molecule has 0 heterocycles. The second-order valence-electron chi connectivity index (χ2n) is 4.47. The van der Waals surface area contributed by atoms with Crippen molar-refractivity contribution in [3.63, 3.8) is 0 Å². The van der Waals surface area contributed by atoms with Crippen LogP contribution in [0.25, 0.3) is 0 Å². The van der Waals surface area contributed by atoms with Gasteiger partial charge >= 0.3 is 0 Å². The molecule has 2 aromatic rings. The Balaban J connectivity index is 2.45. The van der Waals surface area contributed by atoms with Gasteiger partial charge in [0, 0.05) is 10.5 Å². The van der Waals surface area contributed by atoms with Crippen molar-refractivity contribution < 1.29 is 22.6 Å². The summed E-state index contributed by atoms with van der Waals surface area (Å²) in [5.41, 5.74) is 0.301. The first-order valence-corrected chi connectivity index (χ1v) is 8.77. The van der Waals surface area contributed by atoms with E-state index >= 15 is 0 Å². The Bertz CT molecular complexity index is 808. The van der Waals surface area contributed by atoms with Gasteiger partial charge in [0.2, 0.25) is 0 Å². The molecule has 0 aromatic heterocycles. The molecule has 0 saturated carbocycles. The molecule has 124 valence electrons. The van der Waals surface area contributed by atoms with Crippen LogP contribution < -0.4 is 18.9 Å². The molecule has 0 unspecified atom stereocenters. The molecule has 8 heteroatoms. The number of methoxy groups -OCH3 is 3. The highest BCUT2D eigenvalue weighted by molar-refractivity contribution is 9.10. The lowest BCUT2D eigenvalue weighted by Crippen LogP contribution is -2.14. The summed E-state index contributed by atoms with van der Waals surface area (Å²) in [5.74, 6) is 1.15. The van der Waals surface area contributed by atoms with Crippen LogP contribution in [0.3, 0.4) is 0 Å². The van der Waals surface area contributed by atoms with Crippen molar-refractivity contribution >= 4 is 31.6 Å². The smallest absolute Gasteiger partial charge is 0.265 e. The van der Waals surface area contributed by atoms with Crippen LogP contribution in [0.2, 0.25) is 0 Å². The summed E-state index contributed by atoms with van der Waals surface area (Å²) in [5, 5.41) is 0. The largest absolute Gasteiger partial charge is 0.497 e. The minimum absolute atomic E-state index is 0.0206. The van der Waals surface area contributed by atoms with Gasteiger partial charge in [-0.2, -0.15) is 0 Å². The Kier molecular flexibility index (Phi) is 5.38. The monoisotopic (exact) mass is 401 g/mol. The third-order valence-electron chi connectivity index (χ3n) is 3.07. The summed E-state index contributed by atoms with van der Waals surface area (Å²) < 4.78 is 43.9. The Labute approximate surface area is 143 Å². The number of nitrogens with one attached hydrogen (secondary N) is 1. The maximum atomic E-state index is 12.7. The molecule has 2 aromatic carbocycles. The van der Waals surface area contributed by atoms with Crippen molar-refractivity contribution in [1.82, 2.24) is 0 Å². The molecule has 0 aliphatic heterocycles. The Hall–Kier alpha value is -1.93. The van der Waals surface area contributed by atoms with E-state index in [2.05, 4.69) is 20.7 Å². The fourth-order valence-corrected chi connectivity index (χ4v) is 3.72. The fourth-order valence-electron chi connectivity index (χ4n) is 1.94. The van der Waals surface area contributed by atoms with Gasteiger partial charge in [-0.25, -0.2) is 8.42 Å². The van der Waals surface area contributed by atoms with Crippen molar-refractivity contribution in [3.05, 3.63) is 40.9 Å². The molecule has 0 atom stereocenters. The van der Waals surface area contributed by atoms with Crippen LogP contribution in [0.4, 0.5) is 5.69 Å². The summed E-state index contributed by atoms with van der Waals surface area (Å²) in [7, 11) is 0.526. The van der Waals surface area contributed by atoms with Crippen molar-refractivity contribution in [2.24, 2.45) is 0 Å². The molecule has 0 spiro atoms. The average molecular weight is 402 g/mol. The molecular formula is C15H16BrNO5S. The summed E-state index contributed by atoms with van der Waals surface area (Å²) in [4.78, 5) is 0.0206. The van der Waals surface area contributed by atoms with Gasteiger partial charge < -0.3 is 14.2 Å². The molecule has 0 fully saturated rings. The highest BCUT2D eigenvalue weighted by Gasteiger charge is 2.21. The SMILES string of the molecule is COc1ccc(NS(=O)(=O)c2cc(Br)ccc2OC)c(OC)c1. The molecule has 0 saturated heterocycles. The summed E-state index contributed by atoms with van der Waals surface area (Å²) in [6.45, 7) is 0. The molecule has 0 aliphatic rings. The first-order chi connectivity index (χ1) is 10.9. The molecule has 0 bridgehead atoms. The molecular weight excluding hydrogens is 386 g/mol. The van der Waals surface area contributed by atoms with E-state index in [9.17, 15) is 8.42 Å². The van der Waals surface area contributed by atoms with Crippen molar-refractivity contribution in [2.45, 2.75) is 4.90 Å². The number of benzene rings is 2. The normalized spacial score (nSPS) is 11.0. The zero-order chi connectivity index (χ0) is 17.0. The first kappa shape index (κ1) is 17.4. The van der Waals surface area contributed by atoms with Gasteiger partial charge in [-0.05, 0) is 30.3 Å². The summed E-state index contributed by atoms with van der Waals surface area (Å²) in [6.07, 6.45) is 0. The van der Waals surface area contributed by atoms with Crippen LogP contribution in [-0.4, -0.2) is 29.7 Å². The Morgan fingerprint density at radius 1 is 0.913 bits per heavy atom. The number of hydrogen-bond acceptors (Lipinski definition) is 5. The van der Waals surface area contributed by atoms with Gasteiger partial charge in [0.1, 0.15) is 22.1 Å². The molecule has 0 amide bonds. The van der Waals surface area contributed by atoms with Crippen LogP contribution >= 0.6 is 15.9 Å². The van der Waals surface area contributed by atoms with Gasteiger partial charge in [0.25, 0.3) is 10.0 Å².